The minimum atomic E-state index is -3.78. The third-order valence-electron chi connectivity index (χ3n) is 1.92. The molecule has 0 aliphatic carbocycles. The zero-order chi connectivity index (χ0) is 12.9. The van der Waals surface area contributed by atoms with Gasteiger partial charge in [-0.2, -0.15) is 0 Å². The van der Waals surface area contributed by atoms with E-state index in [2.05, 4.69) is 9.46 Å². The summed E-state index contributed by atoms with van der Waals surface area (Å²) in [6.45, 7) is -0.188. The second kappa shape index (κ2) is 5.65. The van der Waals surface area contributed by atoms with Crippen molar-refractivity contribution in [3.05, 3.63) is 29.8 Å². The van der Waals surface area contributed by atoms with Crippen LogP contribution in [0.15, 0.2) is 24.3 Å². The van der Waals surface area contributed by atoms with Crippen LogP contribution in [0.3, 0.4) is 0 Å². The van der Waals surface area contributed by atoms with E-state index in [1.54, 1.807) is 12.1 Å². The number of aliphatic hydroxyl groups is 1. The highest BCUT2D eigenvalue weighted by molar-refractivity contribution is 7.93. The van der Waals surface area contributed by atoms with Gasteiger partial charge in [-0.25, -0.2) is 8.42 Å². The van der Waals surface area contributed by atoms with E-state index in [1.165, 1.54) is 12.1 Å². The maximum Gasteiger partial charge on any atom is 0.322 e. The Labute approximate surface area is 99.3 Å². The zero-order valence-corrected chi connectivity index (χ0v) is 10.0. The molecule has 0 fully saturated rings. The number of nitrogens with one attached hydrogen (secondary N) is 1. The van der Waals surface area contributed by atoms with Gasteiger partial charge >= 0.3 is 5.97 Å². The van der Waals surface area contributed by atoms with Crippen LogP contribution in [0.25, 0.3) is 0 Å². The Morgan fingerprint density at radius 2 is 2.18 bits per heavy atom. The van der Waals surface area contributed by atoms with E-state index in [1.807, 2.05) is 0 Å². The topological polar surface area (TPSA) is 92.7 Å². The molecule has 0 aliphatic rings. The molecule has 0 unspecified atom stereocenters. The Kier molecular flexibility index (Phi) is 4.47. The third kappa shape index (κ3) is 4.41. The SMILES string of the molecule is COC(=O)CS(=O)(=O)Nc1cccc(CO)c1. The molecule has 1 aromatic rings. The van der Waals surface area contributed by atoms with Gasteiger partial charge in [-0.1, -0.05) is 12.1 Å². The normalized spacial score (nSPS) is 10.9. The van der Waals surface area contributed by atoms with Gasteiger partial charge in [0.05, 0.1) is 13.7 Å². The number of carbonyl (C=O) groups excluding carboxylic acids is 1. The van der Waals surface area contributed by atoms with Crippen LogP contribution in [0.5, 0.6) is 0 Å². The number of rotatable bonds is 5. The standard InChI is InChI=1S/C10H13NO5S/c1-16-10(13)7-17(14,15)11-9-4-2-3-8(5-9)6-12/h2-5,11-12H,6-7H2,1H3. The maximum absolute atomic E-state index is 11.5. The average Bonchev–Trinajstić information content (AvgIpc) is 2.27. The van der Waals surface area contributed by atoms with Crippen LogP contribution < -0.4 is 4.72 Å². The lowest BCUT2D eigenvalue weighted by Gasteiger charge is -2.07. The molecule has 0 heterocycles. The van der Waals surface area contributed by atoms with Gasteiger partial charge in [0.15, 0.2) is 5.75 Å². The molecule has 0 aromatic heterocycles. The molecule has 7 heteroatoms. The first-order valence-electron chi connectivity index (χ1n) is 4.74. The number of hydrogen-bond donors (Lipinski definition) is 2. The second-order valence-corrected chi connectivity index (χ2v) is 5.02. The van der Waals surface area contributed by atoms with Crippen LogP contribution in [0.1, 0.15) is 5.56 Å². The predicted molar refractivity (Wildman–Crippen MR) is 61.8 cm³/mol. The molecule has 1 rings (SSSR count). The van der Waals surface area contributed by atoms with Crippen molar-refractivity contribution < 1.29 is 23.1 Å². The van der Waals surface area contributed by atoms with Crippen LogP contribution >= 0.6 is 0 Å². The minimum absolute atomic E-state index is 0.188. The highest BCUT2D eigenvalue weighted by Gasteiger charge is 2.16. The van der Waals surface area contributed by atoms with E-state index in [4.69, 9.17) is 5.11 Å². The summed E-state index contributed by atoms with van der Waals surface area (Å²) >= 11 is 0. The molecule has 17 heavy (non-hydrogen) atoms. The summed E-state index contributed by atoms with van der Waals surface area (Å²) in [6, 6.07) is 6.25. The molecule has 2 N–H and O–H groups in total. The molecule has 0 aliphatic heterocycles. The number of methoxy groups -OCH3 is 1. The Morgan fingerprint density at radius 3 is 2.76 bits per heavy atom. The fourth-order valence-electron chi connectivity index (χ4n) is 1.16. The van der Waals surface area contributed by atoms with Gasteiger partial charge in [0, 0.05) is 5.69 Å². The van der Waals surface area contributed by atoms with Gasteiger partial charge in [0.2, 0.25) is 10.0 Å². The van der Waals surface area contributed by atoms with E-state index >= 15 is 0 Å². The highest BCUT2D eigenvalue weighted by Crippen LogP contribution is 2.12. The lowest BCUT2D eigenvalue weighted by atomic mass is 10.2. The zero-order valence-electron chi connectivity index (χ0n) is 9.21. The van der Waals surface area contributed by atoms with Crippen LogP contribution in [0.2, 0.25) is 0 Å². The van der Waals surface area contributed by atoms with E-state index in [0.717, 1.165) is 7.11 Å². The Hall–Kier alpha value is -1.60. The van der Waals surface area contributed by atoms with Crippen molar-refractivity contribution in [3.8, 4) is 0 Å². The van der Waals surface area contributed by atoms with Gasteiger partial charge in [0.1, 0.15) is 0 Å². The van der Waals surface area contributed by atoms with E-state index in [0.29, 0.717) is 11.3 Å². The predicted octanol–water partition coefficient (Wildman–Crippen LogP) is 0.0936. The minimum Gasteiger partial charge on any atom is -0.468 e. The molecule has 1 aromatic carbocycles. The van der Waals surface area contributed by atoms with E-state index in [9.17, 15) is 13.2 Å². The summed E-state index contributed by atoms with van der Waals surface area (Å²) in [7, 11) is -2.66. The number of benzene rings is 1. The van der Waals surface area contributed by atoms with Gasteiger partial charge < -0.3 is 9.84 Å². The lowest BCUT2D eigenvalue weighted by molar-refractivity contribution is -0.137. The molecule has 0 radical (unpaired) electrons. The van der Waals surface area contributed by atoms with Crippen molar-refractivity contribution in [2.45, 2.75) is 6.61 Å². The van der Waals surface area contributed by atoms with Crippen LogP contribution in [-0.2, 0) is 26.2 Å². The molecule has 94 valence electrons. The number of ether oxygens (including phenoxy) is 1. The highest BCUT2D eigenvalue weighted by atomic mass is 32.2. The van der Waals surface area contributed by atoms with Gasteiger partial charge in [-0.05, 0) is 17.7 Å². The monoisotopic (exact) mass is 259 g/mol. The van der Waals surface area contributed by atoms with E-state index < -0.39 is 21.7 Å². The van der Waals surface area contributed by atoms with Crippen LogP contribution in [0.4, 0.5) is 5.69 Å². The molecular weight excluding hydrogens is 246 g/mol. The second-order valence-electron chi connectivity index (χ2n) is 3.30. The average molecular weight is 259 g/mol. The van der Waals surface area contributed by atoms with Crippen molar-refractivity contribution in [2.75, 3.05) is 17.6 Å². The maximum atomic E-state index is 11.5. The molecular formula is C10H13NO5S. The summed E-state index contributed by atoms with van der Waals surface area (Å²) in [5.74, 6) is -1.58. The summed E-state index contributed by atoms with van der Waals surface area (Å²) in [5.41, 5.74) is 0.865. The third-order valence-corrected chi connectivity index (χ3v) is 3.08. The smallest absolute Gasteiger partial charge is 0.322 e. The molecule has 0 amide bonds. The summed E-state index contributed by atoms with van der Waals surface area (Å²) < 4.78 is 29.5. The number of esters is 1. The molecule has 0 saturated carbocycles. The van der Waals surface area contributed by atoms with Crippen LogP contribution in [-0.4, -0.2) is 32.4 Å². The van der Waals surface area contributed by atoms with E-state index in [-0.39, 0.29) is 6.61 Å². The first-order valence-corrected chi connectivity index (χ1v) is 6.39. The molecule has 0 spiro atoms. The summed E-state index contributed by atoms with van der Waals surface area (Å²) in [6.07, 6.45) is 0. The molecule has 0 saturated heterocycles. The van der Waals surface area contributed by atoms with Gasteiger partial charge in [-0.15, -0.1) is 0 Å². The van der Waals surface area contributed by atoms with Crippen molar-refractivity contribution >= 4 is 21.7 Å². The summed E-state index contributed by atoms with van der Waals surface area (Å²) in [4.78, 5) is 10.9. The molecule has 0 bridgehead atoms. The molecule has 6 nitrogen and oxygen atoms in total. The summed E-state index contributed by atoms with van der Waals surface area (Å²) in [5, 5.41) is 8.89. The number of carbonyl (C=O) groups is 1. The van der Waals surface area contributed by atoms with Gasteiger partial charge in [-0.3, -0.25) is 9.52 Å². The lowest BCUT2D eigenvalue weighted by Crippen LogP contribution is -2.23. The van der Waals surface area contributed by atoms with Crippen molar-refractivity contribution in [2.24, 2.45) is 0 Å². The van der Waals surface area contributed by atoms with Crippen molar-refractivity contribution in [1.82, 2.24) is 0 Å². The largest absolute Gasteiger partial charge is 0.468 e. The fourth-order valence-corrected chi connectivity index (χ4v) is 2.15. The Bertz CT molecular complexity index is 497. The molecule has 0 atom stereocenters. The first-order chi connectivity index (χ1) is 7.96. The number of hydrogen-bond acceptors (Lipinski definition) is 5. The first kappa shape index (κ1) is 13.5. The number of anilines is 1. The number of sulfonamides is 1. The number of aliphatic hydroxyl groups excluding tert-OH is 1. The van der Waals surface area contributed by atoms with Crippen molar-refractivity contribution in [3.63, 3.8) is 0 Å². The quantitative estimate of drug-likeness (QED) is 0.731. The van der Waals surface area contributed by atoms with Crippen molar-refractivity contribution in [1.29, 1.82) is 0 Å². The Balaban J connectivity index is 2.79. The Morgan fingerprint density at radius 1 is 1.47 bits per heavy atom. The van der Waals surface area contributed by atoms with Gasteiger partial charge in [0.25, 0.3) is 0 Å². The van der Waals surface area contributed by atoms with Crippen LogP contribution in [0, 0.1) is 0 Å². The fraction of sp³-hybridized carbons (Fsp3) is 0.300.